The molecule has 0 aliphatic heterocycles. The Morgan fingerprint density at radius 1 is 1.00 bits per heavy atom. The molecule has 116 valence electrons. The first-order chi connectivity index (χ1) is 9.57. The number of allylic oxidation sites excluding steroid dienone is 3. The van der Waals surface area contributed by atoms with Crippen molar-refractivity contribution in [2.75, 3.05) is 0 Å². The number of rotatable bonds is 12. The van der Waals surface area contributed by atoms with E-state index in [1.165, 1.54) is 0 Å². The summed E-state index contributed by atoms with van der Waals surface area (Å²) in [6, 6.07) is 0. The van der Waals surface area contributed by atoms with Crippen LogP contribution in [0.3, 0.4) is 0 Å². The zero-order chi connectivity index (χ0) is 15.2. The summed E-state index contributed by atoms with van der Waals surface area (Å²) < 4.78 is 0. The number of aliphatic hydroxyl groups is 2. The number of unbranched alkanes of at least 4 members (excludes halogenated alkanes) is 2. The second-order valence-corrected chi connectivity index (χ2v) is 4.95. The average Bonchev–Trinajstić information content (AvgIpc) is 2.41. The van der Waals surface area contributed by atoms with Crippen LogP contribution in [0, 0.1) is 0 Å². The van der Waals surface area contributed by atoms with E-state index in [-0.39, 0.29) is 6.42 Å². The van der Waals surface area contributed by atoms with Gasteiger partial charge in [-0.3, -0.25) is 4.79 Å². The maximum absolute atomic E-state index is 10.3. The van der Waals surface area contributed by atoms with Gasteiger partial charge in [0.25, 0.3) is 0 Å². The highest BCUT2D eigenvalue weighted by atomic mass is 16.4. The first-order valence-corrected chi connectivity index (χ1v) is 7.45. The molecule has 0 aliphatic rings. The van der Waals surface area contributed by atoms with Crippen molar-refractivity contribution in [3.05, 3.63) is 24.3 Å². The minimum atomic E-state index is -0.784. The van der Waals surface area contributed by atoms with Gasteiger partial charge in [0.05, 0.1) is 12.2 Å². The largest absolute Gasteiger partial charge is 0.481 e. The molecule has 0 rings (SSSR count). The third-order valence-corrected chi connectivity index (χ3v) is 3.05. The van der Waals surface area contributed by atoms with Gasteiger partial charge in [-0.1, -0.05) is 44.1 Å². The number of hydrogen-bond acceptors (Lipinski definition) is 3. The number of hydrogen-bond donors (Lipinski definition) is 3. The molecule has 0 radical (unpaired) electrons. The summed E-state index contributed by atoms with van der Waals surface area (Å²) in [6.45, 7) is 2.08. The molecule has 0 amide bonds. The van der Waals surface area contributed by atoms with E-state index < -0.39 is 18.2 Å². The third-order valence-electron chi connectivity index (χ3n) is 3.05. The van der Waals surface area contributed by atoms with E-state index in [2.05, 4.69) is 19.1 Å². The van der Waals surface area contributed by atoms with Crippen molar-refractivity contribution < 1.29 is 20.1 Å². The molecule has 0 aromatic carbocycles. The molecule has 0 spiro atoms. The highest BCUT2D eigenvalue weighted by Crippen LogP contribution is 2.11. The molecule has 3 N–H and O–H groups in total. The molecule has 0 heterocycles. The number of aliphatic carboxylic acids is 1. The molecule has 0 aliphatic carbocycles. The van der Waals surface area contributed by atoms with Gasteiger partial charge in [-0.05, 0) is 32.1 Å². The number of carboxylic acid groups (broad SMARTS) is 1. The summed E-state index contributed by atoms with van der Waals surface area (Å²) in [6.07, 6.45) is 11.7. The molecule has 2 atom stereocenters. The lowest BCUT2D eigenvalue weighted by molar-refractivity contribution is -0.137. The molecule has 0 fully saturated rings. The van der Waals surface area contributed by atoms with Crippen molar-refractivity contribution in [1.29, 1.82) is 0 Å². The van der Waals surface area contributed by atoms with Gasteiger partial charge in [-0.25, -0.2) is 0 Å². The summed E-state index contributed by atoms with van der Waals surface area (Å²) in [7, 11) is 0. The predicted molar refractivity (Wildman–Crippen MR) is 80.5 cm³/mol. The van der Waals surface area contributed by atoms with E-state index in [0.717, 1.165) is 25.7 Å². The van der Waals surface area contributed by atoms with Crippen LogP contribution < -0.4 is 0 Å². The Balaban J connectivity index is 3.62. The summed E-state index contributed by atoms with van der Waals surface area (Å²) in [4.78, 5) is 10.3. The Hall–Kier alpha value is -1.13. The summed E-state index contributed by atoms with van der Waals surface area (Å²) >= 11 is 0. The van der Waals surface area contributed by atoms with Crippen LogP contribution in [0.4, 0.5) is 0 Å². The first-order valence-electron chi connectivity index (χ1n) is 7.45. The van der Waals surface area contributed by atoms with Crippen LogP contribution in [0.2, 0.25) is 0 Å². The SMILES string of the molecule is CC/C=C\C/C=C\C[C@H](O)[C@@H](O)CCCCCC(=O)O. The zero-order valence-electron chi connectivity index (χ0n) is 12.4. The van der Waals surface area contributed by atoms with Crippen molar-refractivity contribution in [2.45, 2.75) is 70.5 Å². The number of aliphatic hydroxyl groups excluding tert-OH is 2. The average molecular weight is 284 g/mol. The van der Waals surface area contributed by atoms with Gasteiger partial charge in [0.15, 0.2) is 0 Å². The Kier molecular flexibility index (Phi) is 12.2. The lowest BCUT2D eigenvalue weighted by atomic mass is 10.0. The second kappa shape index (κ2) is 12.9. The Labute approximate surface area is 121 Å². The lowest BCUT2D eigenvalue weighted by Crippen LogP contribution is -2.25. The fourth-order valence-corrected chi connectivity index (χ4v) is 1.83. The van der Waals surface area contributed by atoms with E-state index in [1.807, 2.05) is 12.2 Å². The highest BCUT2D eigenvalue weighted by Gasteiger charge is 2.13. The van der Waals surface area contributed by atoms with Crippen molar-refractivity contribution in [3.8, 4) is 0 Å². The smallest absolute Gasteiger partial charge is 0.303 e. The fourth-order valence-electron chi connectivity index (χ4n) is 1.83. The molecule has 0 aromatic heterocycles. The maximum Gasteiger partial charge on any atom is 0.303 e. The molecule has 0 saturated carbocycles. The standard InChI is InChI=1S/C16H28O4/c1-2-3-4-5-6-8-11-14(17)15(18)12-9-7-10-13-16(19)20/h3-4,6,8,14-15,17-18H,2,5,7,9-13H2,1H3,(H,19,20)/b4-3-,8-6-/t14-,15-/m0/s1. The molecule has 0 aromatic rings. The van der Waals surface area contributed by atoms with Crippen LogP contribution in [0.1, 0.15) is 58.3 Å². The van der Waals surface area contributed by atoms with Crippen molar-refractivity contribution >= 4 is 5.97 Å². The number of carboxylic acids is 1. The Bertz CT molecular complexity index is 297. The molecule has 20 heavy (non-hydrogen) atoms. The van der Waals surface area contributed by atoms with Crippen LogP contribution >= 0.6 is 0 Å². The quantitative estimate of drug-likeness (QED) is 0.380. The van der Waals surface area contributed by atoms with Gasteiger partial charge >= 0.3 is 5.97 Å². The van der Waals surface area contributed by atoms with Crippen LogP contribution in [0.25, 0.3) is 0 Å². The molecular weight excluding hydrogens is 256 g/mol. The molecule has 0 saturated heterocycles. The zero-order valence-corrected chi connectivity index (χ0v) is 12.4. The van der Waals surface area contributed by atoms with Gasteiger partial charge in [0.2, 0.25) is 0 Å². The number of carbonyl (C=O) groups is 1. The fraction of sp³-hybridized carbons (Fsp3) is 0.688. The van der Waals surface area contributed by atoms with Gasteiger partial charge in [-0.15, -0.1) is 0 Å². The van der Waals surface area contributed by atoms with Gasteiger partial charge in [-0.2, -0.15) is 0 Å². The minimum absolute atomic E-state index is 0.173. The topological polar surface area (TPSA) is 77.8 Å². The van der Waals surface area contributed by atoms with Crippen molar-refractivity contribution in [2.24, 2.45) is 0 Å². The van der Waals surface area contributed by atoms with Gasteiger partial charge < -0.3 is 15.3 Å². The van der Waals surface area contributed by atoms with Crippen molar-refractivity contribution in [1.82, 2.24) is 0 Å². The Morgan fingerprint density at radius 2 is 1.70 bits per heavy atom. The van der Waals surface area contributed by atoms with Crippen LogP contribution in [0.15, 0.2) is 24.3 Å². The minimum Gasteiger partial charge on any atom is -0.481 e. The van der Waals surface area contributed by atoms with E-state index in [4.69, 9.17) is 5.11 Å². The van der Waals surface area contributed by atoms with Crippen LogP contribution in [-0.2, 0) is 4.79 Å². The Morgan fingerprint density at radius 3 is 2.35 bits per heavy atom. The molecule has 0 bridgehead atoms. The first kappa shape index (κ1) is 18.9. The summed E-state index contributed by atoms with van der Waals surface area (Å²) in [5, 5.41) is 28.0. The molecule has 0 unspecified atom stereocenters. The van der Waals surface area contributed by atoms with Crippen LogP contribution in [0.5, 0.6) is 0 Å². The third kappa shape index (κ3) is 11.9. The van der Waals surface area contributed by atoms with Crippen molar-refractivity contribution in [3.63, 3.8) is 0 Å². The molecule has 4 heteroatoms. The second-order valence-electron chi connectivity index (χ2n) is 4.95. The maximum atomic E-state index is 10.3. The van der Waals surface area contributed by atoms with Gasteiger partial charge in [0, 0.05) is 6.42 Å². The van der Waals surface area contributed by atoms with E-state index >= 15 is 0 Å². The van der Waals surface area contributed by atoms with E-state index in [0.29, 0.717) is 19.3 Å². The monoisotopic (exact) mass is 284 g/mol. The van der Waals surface area contributed by atoms with E-state index in [1.54, 1.807) is 0 Å². The van der Waals surface area contributed by atoms with E-state index in [9.17, 15) is 15.0 Å². The highest BCUT2D eigenvalue weighted by molar-refractivity contribution is 5.66. The molecule has 4 nitrogen and oxygen atoms in total. The van der Waals surface area contributed by atoms with Crippen LogP contribution in [-0.4, -0.2) is 33.5 Å². The normalized spacial score (nSPS) is 14.9. The van der Waals surface area contributed by atoms with Gasteiger partial charge in [0.1, 0.15) is 0 Å². The molecular formula is C16H28O4. The summed E-state index contributed by atoms with van der Waals surface area (Å²) in [5.74, 6) is -0.784. The predicted octanol–water partition coefficient (Wildman–Crippen LogP) is 3.05. The lowest BCUT2D eigenvalue weighted by Gasteiger charge is -2.15. The summed E-state index contributed by atoms with van der Waals surface area (Å²) in [5.41, 5.74) is 0.